The van der Waals surface area contributed by atoms with Gasteiger partial charge in [-0.15, -0.1) is 12.4 Å². The van der Waals surface area contributed by atoms with Crippen molar-refractivity contribution in [3.8, 4) is 0 Å². The van der Waals surface area contributed by atoms with Crippen molar-refractivity contribution < 1.29 is 19.8 Å². The lowest BCUT2D eigenvalue weighted by atomic mass is 10.2. The number of carboxylic acids is 2. The van der Waals surface area contributed by atoms with Gasteiger partial charge < -0.3 is 10.2 Å². The summed E-state index contributed by atoms with van der Waals surface area (Å²) in [4.78, 5) is 19.9. The van der Waals surface area contributed by atoms with Crippen molar-refractivity contribution in [2.75, 3.05) is 0 Å². The smallest absolute Gasteiger partial charge is 0.330 e. The maximum absolute atomic E-state index is 10.0. The highest BCUT2D eigenvalue weighted by Crippen LogP contribution is 2.01. The molecule has 0 unspecified atom stereocenters. The molecule has 0 spiro atoms. The Morgan fingerprint density at radius 3 is 1.91 bits per heavy atom. The van der Waals surface area contributed by atoms with Crippen molar-refractivity contribution in [2.45, 2.75) is 12.8 Å². The van der Waals surface area contributed by atoms with Gasteiger partial charge >= 0.3 is 11.9 Å². The Kier molecular flexibility index (Phi) is 6.58. The molecule has 0 rings (SSSR count). The van der Waals surface area contributed by atoms with E-state index in [1.165, 1.54) is 0 Å². The molecule has 0 saturated heterocycles. The summed E-state index contributed by atoms with van der Waals surface area (Å²) in [5.41, 5.74) is -0.0672. The monoisotopic (exact) mass is 180 g/mol. The van der Waals surface area contributed by atoms with Gasteiger partial charge in [0.25, 0.3) is 0 Å². The van der Waals surface area contributed by atoms with Gasteiger partial charge in [0, 0.05) is 12.0 Å². The van der Waals surface area contributed by atoms with Crippen LogP contribution in [0.5, 0.6) is 0 Å². The molecule has 0 bridgehead atoms. The summed E-state index contributed by atoms with van der Waals surface area (Å²) in [6.45, 7) is 3.16. The SMILES string of the molecule is C=C(CCC(=O)O)C(=O)O.Cl. The molecule has 11 heavy (non-hydrogen) atoms. The highest BCUT2D eigenvalue weighted by molar-refractivity contribution is 5.86. The zero-order chi connectivity index (χ0) is 8.15. The predicted octanol–water partition coefficient (Wildman–Crippen LogP) is 0.914. The van der Waals surface area contributed by atoms with Crippen LogP contribution in [0.15, 0.2) is 12.2 Å². The number of hydrogen-bond acceptors (Lipinski definition) is 2. The van der Waals surface area contributed by atoms with Gasteiger partial charge in [-0.1, -0.05) is 6.58 Å². The third-order valence-corrected chi connectivity index (χ3v) is 0.943. The molecule has 64 valence electrons. The van der Waals surface area contributed by atoms with Crippen LogP contribution in [-0.4, -0.2) is 22.2 Å². The average molecular weight is 181 g/mol. The lowest BCUT2D eigenvalue weighted by molar-refractivity contribution is -0.137. The Hall–Kier alpha value is -1.03. The zero-order valence-electron chi connectivity index (χ0n) is 5.74. The molecule has 0 aliphatic heterocycles. The van der Waals surface area contributed by atoms with E-state index >= 15 is 0 Å². The predicted molar refractivity (Wildman–Crippen MR) is 40.9 cm³/mol. The molecular weight excluding hydrogens is 172 g/mol. The van der Waals surface area contributed by atoms with Crippen LogP contribution < -0.4 is 0 Å². The highest BCUT2D eigenvalue weighted by Gasteiger charge is 2.05. The summed E-state index contributed by atoms with van der Waals surface area (Å²) in [5, 5.41) is 16.3. The molecule has 0 amide bonds. The van der Waals surface area contributed by atoms with Crippen LogP contribution in [-0.2, 0) is 9.59 Å². The molecule has 0 aromatic rings. The number of halogens is 1. The second-order valence-electron chi connectivity index (χ2n) is 1.80. The first kappa shape index (κ1) is 12.6. The van der Waals surface area contributed by atoms with Gasteiger partial charge in [0.05, 0.1) is 0 Å². The van der Waals surface area contributed by atoms with Crippen LogP contribution in [0.4, 0.5) is 0 Å². The van der Waals surface area contributed by atoms with Crippen LogP contribution in [0.2, 0.25) is 0 Å². The first-order valence-corrected chi connectivity index (χ1v) is 2.67. The quantitative estimate of drug-likeness (QED) is 0.631. The molecule has 0 aliphatic rings. The van der Waals surface area contributed by atoms with E-state index in [1.54, 1.807) is 0 Å². The molecule has 0 aromatic heterocycles. The van der Waals surface area contributed by atoms with Crippen molar-refractivity contribution in [2.24, 2.45) is 0 Å². The lowest BCUT2D eigenvalue weighted by Gasteiger charge is -1.94. The Bertz CT molecular complexity index is 175. The van der Waals surface area contributed by atoms with Crippen molar-refractivity contribution in [1.82, 2.24) is 0 Å². The van der Waals surface area contributed by atoms with E-state index in [9.17, 15) is 9.59 Å². The van der Waals surface area contributed by atoms with Crippen LogP contribution in [0, 0.1) is 0 Å². The molecule has 0 aliphatic carbocycles. The molecule has 5 heteroatoms. The number of carbonyl (C=O) groups is 2. The molecule has 0 atom stereocenters. The fourth-order valence-electron chi connectivity index (χ4n) is 0.365. The maximum atomic E-state index is 10.0. The van der Waals surface area contributed by atoms with Crippen molar-refractivity contribution in [1.29, 1.82) is 0 Å². The molecule has 0 fully saturated rings. The molecule has 2 N–H and O–H groups in total. The van der Waals surface area contributed by atoms with Crippen LogP contribution in [0.3, 0.4) is 0 Å². The molecule has 4 nitrogen and oxygen atoms in total. The molecule has 0 aromatic carbocycles. The second-order valence-corrected chi connectivity index (χ2v) is 1.80. The largest absolute Gasteiger partial charge is 0.481 e. The van der Waals surface area contributed by atoms with Crippen LogP contribution in [0.1, 0.15) is 12.8 Å². The van der Waals surface area contributed by atoms with Gasteiger partial charge in [0.15, 0.2) is 0 Å². The Morgan fingerprint density at radius 2 is 1.64 bits per heavy atom. The topological polar surface area (TPSA) is 74.6 Å². The number of aliphatic carboxylic acids is 2. The lowest BCUT2D eigenvalue weighted by Crippen LogP contribution is -2.02. The molecular formula is C6H9ClO4. The van der Waals surface area contributed by atoms with E-state index in [0.717, 1.165) is 0 Å². The standard InChI is InChI=1S/C6H8O4.ClH/c1-4(6(9)10)2-3-5(7)8;/h1-3H2,(H,7,8)(H,9,10);1H. The van der Waals surface area contributed by atoms with E-state index in [1.807, 2.05) is 0 Å². The van der Waals surface area contributed by atoms with E-state index in [0.29, 0.717) is 0 Å². The summed E-state index contributed by atoms with van der Waals surface area (Å²) >= 11 is 0. The van der Waals surface area contributed by atoms with E-state index in [4.69, 9.17) is 10.2 Å². The van der Waals surface area contributed by atoms with Gasteiger partial charge in [-0.05, 0) is 6.42 Å². The summed E-state index contributed by atoms with van der Waals surface area (Å²) in [6, 6.07) is 0. The summed E-state index contributed by atoms with van der Waals surface area (Å²) < 4.78 is 0. The van der Waals surface area contributed by atoms with Crippen molar-refractivity contribution >= 4 is 24.3 Å². The minimum absolute atomic E-state index is 0. The van der Waals surface area contributed by atoms with Gasteiger partial charge in [-0.3, -0.25) is 4.79 Å². The van der Waals surface area contributed by atoms with Crippen LogP contribution >= 0.6 is 12.4 Å². The number of hydrogen-bond donors (Lipinski definition) is 2. The highest BCUT2D eigenvalue weighted by atomic mass is 35.5. The fraction of sp³-hybridized carbons (Fsp3) is 0.333. The number of carboxylic acid groups (broad SMARTS) is 2. The van der Waals surface area contributed by atoms with E-state index in [2.05, 4.69) is 6.58 Å². The normalized spacial score (nSPS) is 8.00. The average Bonchev–Trinajstić information content (AvgIpc) is 1.82. The first-order valence-electron chi connectivity index (χ1n) is 2.67. The first-order chi connectivity index (χ1) is 4.54. The van der Waals surface area contributed by atoms with Gasteiger partial charge in [-0.2, -0.15) is 0 Å². The van der Waals surface area contributed by atoms with Crippen molar-refractivity contribution in [3.63, 3.8) is 0 Å². The Balaban J connectivity index is 0. The summed E-state index contributed by atoms with van der Waals surface area (Å²) in [7, 11) is 0. The fourth-order valence-corrected chi connectivity index (χ4v) is 0.365. The van der Waals surface area contributed by atoms with Crippen LogP contribution in [0.25, 0.3) is 0 Å². The summed E-state index contributed by atoms with van der Waals surface area (Å²) in [6.07, 6.45) is -0.171. The Morgan fingerprint density at radius 1 is 1.18 bits per heavy atom. The second kappa shape index (κ2) is 5.73. The van der Waals surface area contributed by atoms with Gasteiger partial charge in [0.2, 0.25) is 0 Å². The number of rotatable bonds is 4. The van der Waals surface area contributed by atoms with Gasteiger partial charge in [-0.25, -0.2) is 4.79 Å². The third-order valence-electron chi connectivity index (χ3n) is 0.943. The molecule has 0 radical (unpaired) electrons. The molecule has 0 heterocycles. The zero-order valence-corrected chi connectivity index (χ0v) is 6.56. The van der Waals surface area contributed by atoms with E-state index in [-0.39, 0.29) is 30.8 Å². The summed E-state index contributed by atoms with van der Waals surface area (Å²) in [5.74, 6) is -2.15. The maximum Gasteiger partial charge on any atom is 0.330 e. The van der Waals surface area contributed by atoms with E-state index < -0.39 is 11.9 Å². The van der Waals surface area contributed by atoms with Crippen molar-refractivity contribution in [3.05, 3.63) is 12.2 Å². The minimum Gasteiger partial charge on any atom is -0.481 e. The minimum atomic E-state index is -1.14. The molecule has 0 saturated carbocycles. The van der Waals surface area contributed by atoms with Gasteiger partial charge in [0.1, 0.15) is 0 Å². The third kappa shape index (κ3) is 6.86. The Labute approximate surface area is 69.9 Å².